The first kappa shape index (κ1) is 14.2. The number of anilines is 1. The summed E-state index contributed by atoms with van der Waals surface area (Å²) in [5, 5.41) is 22.8. The van der Waals surface area contributed by atoms with Crippen molar-refractivity contribution in [3.8, 4) is 6.07 Å². The second-order valence-corrected chi connectivity index (χ2v) is 5.24. The number of nitrogens with one attached hydrogen (secondary N) is 1. The second-order valence-electron chi connectivity index (χ2n) is 5.24. The van der Waals surface area contributed by atoms with E-state index >= 15 is 0 Å². The number of nitro groups is 1. The Morgan fingerprint density at radius 2 is 2.30 bits per heavy atom. The van der Waals surface area contributed by atoms with Crippen molar-refractivity contribution >= 4 is 11.5 Å². The lowest BCUT2D eigenvalue weighted by Gasteiger charge is -2.33. The maximum absolute atomic E-state index is 11.0. The van der Waals surface area contributed by atoms with Gasteiger partial charge in [-0.25, -0.2) is 4.98 Å². The van der Waals surface area contributed by atoms with Gasteiger partial charge in [-0.15, -0.1) is 0 Å². The van der Waals surface area contributed by atoms with Gasteiger partial charge in [0, 0.05) is 32.0 Å². The minimum atomic E-state index is -0.525. The molecule has 0 amide bonds. The summed E-state index contributed by atoms with van der Waals surface area (Å²) >= 11 is 0. The number of aromatic nitrogens is 1. The molecule has 1 aromatic heterocycles. The van der Waals surface area contributed by atoms with E-state index in [2.05, 4.69) is 17.2 Å². The van der Waals surface area contributed by atoms with E-state index in [1.54, 1.807) is 0 Å². The van der Waals surface area contributed by atoms with Crippen LogP contribution in [0.25, 0.3) is 0 Å². The van der Waals surface area contributed by atoms with Crippen molar-refractivity contribution in [3.63, 3.8) is 0 Å². The predicted molar refractivity (Wildman–Crippen MR) is 72.3 cm³/mol. The van der Waals surface area contributed by atoms with Crippen molar-refractivity contribution in [3.05, 3.63) is 27.9 Å². The third kappa shape index (κ3) is 3.22. The first-order valence-electron chi connectivity index (χ1n) is 6.40. The zero-order valence-corrected chi connectivity index (χ0v) is 11.3. The molecule has 0 atom stereocenters. The van der Waals surface area contributed by atoms with E-state index in [0.717, 1.165) is 12.8 Å². The number of ether oxygens (including phenoxy) is 1. The molecule has 0 saturated carbocycles. The number of hydrogen-bond acceptors (Lipinski definition) is 6. The lowest BCUT2D eigenvalue weighted by atomic mass is 9.82. The molecule has 0 aliphatic carbocycles. The maximum atomic E-state index is 11.0. The van der Waals surface area contributed by atoms with Crippen molar-refractivity contribution in [2.75, 3.05) is 25.1 Å². The van der Waals surface area contributed by atoms with Gasteiger partial charge >= 0.3 is 5.69 Å². The summed E-state index contributed by atoms with van der Waals surface area (Å²) < 4.78 is 5.32. The topological polar surface area (TPSA) is 101 Å². The summed E-state index contributed by atoms with van der Waals surface area (Å²) in [5.41, 5.74) is 0.0565. The number of hydrogen-bond donors (Lipinski definition) is 1. The molecule has 20 heavy (non-hydrogen) atoms. The molecule has 0 spiro atoms. The lowest BCUT2D eigenvalue weighted by Crippen LogP contribution is -2.33. The molecule has 0 aromatic carbocycles. The van der Waals surface area contributed by atoms with Gasteiger partial charge in [0.05, 0.1) is 10.5 Å². The molecule has 1 N–H and O–H groups in total. The normalized spacial score (nSPS) is 17.2. The molecule has 1 aliphatic rings. The van der Waals surface area contributed by atoms with Crippen LogP contribution in [0.4, 0.5) is 11.5 Å². The van der Waals surface area contributed by atoms with Gasteiger partial charge in [-0.3, -0.25) is 10.1 Å². The molecule has 7 nitrogen and oxygen atoms in total. The van der Waals surface area contributed by atoms with Crippen LogP contribution >= 0.6 is 0 Å². The molecule has 2 rings (SSSR count). The summed E-state index contributed by atoms with van der Waals surface area (Å²) in [7, 11) is 0. The highest BCUT2D eigenvalue weighted by atomic mass is 16.6. The highest BCUT2D eigenvalue weighted by Crippen LogP contribution is 2.31. The molecule has 1 saturated heterocycles. The summed E-state index contributed by atoms with van der Waals surface area (Å²) in [5.74, 6) is 0.210. The van der Waals surface area contributed by atoms with E-state index in [9.17, 15) is 10.1 Å². The third-order valence-corrected chi connectivity index (χ3v) is 3.58. The summed E-state index contributed by atoms with van der Waals surface area (Å²) in [6, 6.07) is 3.09. The Balaban J connectivity index is 2.13. The quantitative estimate of drug-likeness (QED) is 0.667. The Morgan fingerprint density at radius 3 is 2.90 bits per heavy atom. The monoisotopic (exact) mass is 276 g/mol. The molecule has 1 aliphatic heterocycles. The summed E-state index contributed by atoms with van der Waals surface area (Å²) in [4.78, 5) is 14.5. The van der Waals surface area contributed by atoms with E-state index in [0.29, 0.717) is 19.8 Å². The van der Waals surface area contributed by atoms with Crippen LogP contribution in [0.3, 0.4) is 0 Å². The van der Waals surface area contributed by atoms with Crippen LogP contribution < -0.4 is 5.32 Å². The second kappa shape index (κ2) is 5.84. The largest absolute Gasteiger partial charge is 0.381 e. The molecule has 106 valence electrons. The molecule has 0 bridgehead atoms. The third-order valence-electron chi connectivity index (χ3n) is 3.58. The molecule has 1 fully saturated rings. The standard InChI is InChI=1S/C13H16N4O3/c1-13(2-4-20-5-3-13)9-16-12-11(17(18)19)6-10(7-14)8-15-12/h6,8H,2-5,9H2,1H3,(H,15,16). The van der Waals surface area contributed by atoms with Gasteiger partial charge in [0.1, 0.15) is 6.07 Å². The minimum absolute atomic E-state index is 0.0434. The Morgan fingerprint density at radius 1 is 1.60 bits per heavy atom. The fourth-order valence-corrected chi connectivity index (χ4v) is 2.13. The molecule has 1 aromatic rings. The molecule has 0 unspecified atom stereocenters. The smallest absolute Gasteiger partial charge is 0.312 e. The minimum Gasteiger partial charge on any atom is -0.381 e. The van der Waals surface area contributed by atoms with Crippen LogP contribution in [0.5, 0.6) is 0 Å². The van der Waals surface area contributed by atoms with Crippen LogP contribution in [0.15, 0.2) is 12.3 Å². The summed E-state index contributed by atoms with van der Waals surface area (Å²) in [6.07, 6.45) is 3.15. The average Bonchev–Trinajstić information content (AvgIpc) is 2.45. The Hall–Kier alpha value is -2.20. The van der Waals surface area contributed by atoms with Gasteiger partial charge in [0.15, 0.2) is 0 Å². The van der Waals surface area contributed by atoms with Crippen molar-refractivity contribution < 1.29 is 9.66 Å². The first-order chi connectivity index (χ1) is 9.54. The Bertz CT molecular complexity index is 547. The van der Waals surface area contributed by atoms with E-state index in [-0.39, 0.29) is 22.5 Å². The van der Waals surface area contributed by atoms with Crippen LogP contribution in [0.2, 0.25) is 0 Å². The van der Waals surface area contributed by atoms with Gasteiger partial charge < -0.3 is 10.1 Å². The van der Waals surface area contributed by atoms with Crippen LogP contribution in [-0.4, -0.2) is 29.7 Å². The molecular formula is C13H16N4O3. The molecule has 2 heterocycles. The van der Waals surface area contributed by atoms with Gasteiger partial charge in [-0.2, -0.15) is 5.26 Å². The molecule has 7 heteroatoms. The Kier molecular flexibility index (Phi) is 4.15. The van der Waals surface area contributed by atoms with Crippen LogP contribution in [-0.2, 0) is 4.74 Å². The van der Waals surface area contributed by atoms with Gasteiger partial charge in [0.25, 0.3) is 0 Å². The fourth-order valence-electron chi connectivity index (χ4n) is 2.13. The lowest BCUT2D eigenvalue weighted by molar-refractivity contribution is -0.384. The van der Waals surface area contributed by atoms with Crippen LogP contribution in [0.1, 0.15) is 25.3 Å². The summed E-state index contributed by atoms with van der Waals surface area (Å²) in [6.45, 7) is 4.14. The fraction of sp³-hybridized carbons (Fsp3) is 0.538. The molecular weight excluding hydrogens is 260 g/mol. The van der Waals surface area contributed by atoms with Crippen molar-refractivity contribution in [1.82, 2.24) is 4.98 Å². The zero-order chi connectivity index (χ0) is 14.6. The highest BCUT2D eigenvalue weighted by molar-refractivity contribution is 5.58. The predicted octanol–water partition coefficient (Wildman–Crippen LogP) is 2.09. The average molecular weight is 276 g/mol. The van der Waals surface area contributed by atoms with Crippen molar-refractivity contribution in [1.29, 1.82) is 5.26 Å². The number of pyridine rings is 1. The Labute approximate surface area is 116 Å². The SMILES string of the molecule is CC1(CNc2ncc(C#N)cc2[N+](=O)[O-])CCOCC1. The maximum Gasteiger partial charge on any atom is 0.312 e. The van der Waals surface area contributed by atoms with Gasteiger partial charge in [-0.1, -0.05) is 6.92 Å². The van der Waals surface area contributed by atoms with Crippen molar-refractivity contribution in [2.24, 2.45) is 5.41 Å². The highest BCUT2D eigenvalue weighted by Gasteiger charge is 2.28. The van der Waals surface area contributed by atoms with E-state index in [4.69, 9.17) is 10.00 Å². The van der Waals surface area contributed by atoms with E-state index < -0.39 is 4.92 Å². The van der Waals surface area contributed by atoms with Gasteiger partial charge in [0.2, 0.25) is 5.82 Å². The number of nitriles is 1. The first-order valence-corrected chi connectivity index (χ1v) is 6.40. The van der Waals surface area contributed by atoms with Crippen LogP contribution in [0, 0.1) is 26.9 Å². The van der Waals surface area contributed by atoms with E-state index in [1.807, 2.05) is 6.07 Å². The van der Waals surface area contributed by atoms with Crippen molar-refractivity contribution in [2.45, 2.75) is 19.8 Å². The zero-order valence-electron chi connectivity index (χ0n) is 11.3. The van der Waals surface area contributed by atoms with Gasteiger partial charge in [-0.05, 0) is 18.3 Å². The number of rotatable bonds is 4. The number of nitrogens with zero attached hydrogens (tertiary/aromatic N) is 3. The molecule has 0 radical (unpaired) electrons. The van der Waals surface area contributed by atoms with E-state index in [1.165, 1.54) is 12.3 Å².